The lowest BCUT2D eigenvalue weighted by molar-refractivity contribution is 0.135. The number of alkyl halides is 2. The molecule has 0 saturated heterocycles. The number of benzene rings is 1. The monoisotopic (exact) mass is 446 g/mol. The van der Waals surface area contributed by atoms with Crippen molar-refractivity contribution in [2.75, 3.05) is 5.75 Å². The minimum atomic E-state index is -2.79. The molecule has 0 saturated carbocycles. The van der Waals surface area contributed by atoms with Gasteiger partial charge in [-0.1, -0.05) is 41.9 Å². The van der Waals surface area contributed by atoms with Crippen LogP contribution in [-0.4, -0.2) is 26.8 Å². The quantitative estimate of drug-likeness (QED) is 0.328. The highest BCUT2D eigenvalue weighted by Gasteiger charge is 2.20. The average Bonchev–Trinajstić information content (AvgIpc) is 3.28. The number of aromatic nitrogens is 3. The number of halogens is 4. The second-order valence-corrected chi connectivity index (χ2v) is 7.35. The number of nitrogens with zero attached hydrogens (tertiary/aromatic N) is 4. The van der Waals surface area contributed by atoms with Gasteiger partial charge in [0.15, 0.2) is 0 Å². The number of rotatable bonds is 8. The first-order valence-electron chi connectivity index (χ1n) is 8.05. The van der Waals surface area contributed by atoms with E-state index in [1.807, 2.05) is 6.92 Å². The molecule has 0 aliphatic rings. The van der Waals surface area contributed by atoms with Gasteiger partial charge in [0.2, 0.25) is 11.0 Å². The van der Waals surface area contributed by atoms with E-state index in [-0.39, 0.29) is 11.8 Å². The van der Waals surface area contributed by atoms with Crippen LogP contribution in [0.25, 0.3) is 0 Å². The summed E-state index contributed by atoms with van der Waals surface area (Å²) in [7, 11) is 0. The van der Waals surface area contributed by atoms with Crippen molar-refractivity contribution in [3.63, 3.8) is 0 Å². The van der Waals surface area contributed by atoms with Crippen molar-refractivity contribution in [3.8, 4) is 5.75 Å². The minimum Gasteiger partial charge on any atom is -0.486 e. The van der Waals surface area contributed by atoms with Crippen molar-refractivity contribution in [3.05, 3.63) is 57.7 Å². The fourth-order valence-electron chi connectivity index (χ4n) is 2.12. The van der Waals surface area contributed by atoms with Gasteiger partial charge >= 0.3 is 0 Å². The first-order valence-corrected chi connectivity index (χ1v) is 9.79. The Hall–Kier alpha value is -2.10. The van der Waals surface area contributed by atoms with E-state index in [1.54, 1.807) is 30.3 Å². The number of furan rings is 1. The molecule has 2 aromatic heterocycles. The lowest BCUT2D eigenvalue weighted by Crippen LogP contribution is -2.00. The van der Waals surface area contributed by atoms with Crippen LogP contribution in [0.2, 0.25) is 10.0 Å². The van der Waals surface area contributed by atoms with Crippen molar-refractivity contribution in [2.24, 2.45) is 5.10 Å². The van der Waals surface area contributed by atoms with E-state index in [2.05, 4.69) is 15.3 Å². The van der Waals surface area contributed by atoms with Gasteiger partial charge in [0, 0.05) is 6.07 Å². The summed E-state index contributed by atoms with van der Waals surface area (Å²) in [6.07, 6.45) is -1.47. The molecule has 148 valence electrons. The second kappa shape index (κ2) is 9.40. The molecule has 0 aliphatic carbocycles. The number of ether oxygens (including phenoxy) is 1. The second-order valence-electron chi connectivity index (χ2n) is 5.30. The smallest absolute Gasteiger partial charge is 0.299 e. The van der Waals surface area contributed by atoms with Crippen LogP contribution in [0, 0.1) is 0 Å². The van der Waals surface area contributed by atoms with Gasteiger partial charge in [-0.05, 0) is 30.0 Å². The third kappa shape index (κ3) is 5.03. The molecule has 0 bridgehead atoms. The van der Waals surface area contributed by atoms with Crippen LogP contribution in [0.5, 0.6) is 5.75 Å². The first kappa shape index (κ1) is 20.6. The topological polar surface area (TPSA) is 65.4 Å². The van der Waals surface area contributed by atoms with E-state index in [0.717, 1.165) is 4.68 Å². The maximum absolute atomic E-state index is 13.1. The molecule has 6 nitrogen and oxygen atoms in total. The van der Waals surface area contributed by atoms with Crippen LogP contribution >= 0.6 is 35.0 Å². The Kier molecular flexibility index (Phi) is 6.93. The first-order chi connectivity index (χ1) is 13.5. The van der Waals surface area contributed by atoms with Gasteiger partial charge in [-0.2, -0.15) is 9.78 Å². The predicted octanol–water partition coefficient (Wildman–Crippen LogP) is 5.69. The normalized spacial score (nSPS) is 11.6. The summed E-state index contributed by atoms with van der Waals surface area (Å²) in [5, 5.41) is 12.3. The molecule has 0 aliphatic heterocycles. The minimum absolute atomic E-state index is 0.150. The van der Waals surface area contributed by atoms with Crippen molar-refractivity contribution < 1.29 is 17.9 Å². The van der Waals surface area contributed by atoms with Gasteiger partial charge in [-0.3, -0.25) is 0 Å². The Labute approximate surface area is 173 Å². The van der Waals surface area contributed by atoms with Crippen molar-refractivity contribution in [1.82, 2.24) is 14.9 Å². The molecule has 28 heavy (non-hydrogen) atoms. The average molecular weight is 447 g/mol. The number of hydrogen-bond acceptors (Lipinski definition) is 6. The molecule has 0 N–H and O–H groups in total. The molecule has 11 heteroatoms. The molecule has 0 unspecified atom stereocenters. The van der Waals surface area contributed by atoms with Crippen LogP contribution in [0.3, 0.4) is 0 Å². The summed E-state index contributed by atoms with van der Waals surface area (Å²) in [5.74, 6) is 1.55. The Morgan fingerprint density at radius 2 is 2.07 bits per heavy atom. The molecule has 0 amide bonds. The fourth-order valence-corrected chi connectivity index (χ4v) is 3.03. The van der Waals surface area contributed by atoms with Gasteiger partial charge in [-0.15, -0.1) is 10.2 Å². The highest BCUT2D eigenvalue weighted by atomic mass is 35.5. The summed E-state index contributed by atoms with van der Waals surface area (Å²) in [4.78, 5) is 0. The van der Waals surface area contributed by atoms with Gasteiger partial charge in [0.25, 0.3) is 6.43 Å². The van der Waals surface area contributed by atoms with Crippen molar-refractivity contribution in [1.29, 1.82) is 0 Å². The maximum Gasteiger partial charge on any atom is 0.299 e. The molecular weight excluding hydrogens is 433 g/mol. The molecule has 0 fully saturated rings. The van der Waals surface area contributed by atoms with E-state index in [1.165, 1.54) is 18.0 Å². The molecule has 0 atom stereocenters. The summed E-state index contributed by atoms with van der Waals surface area (Å²) >= 11 is 13.1. The van der Waals surface area contributed by atoms with Gasteiger partial charge in [0.1, 0.15) is 23.9 Å². The molecule has 0 spiro atoms. The summed E-state index contributed by atoms with van der Waals surface area (Å²) in [6.45, 7) is 2.03. The molecular formula is C17H14Cl2F2N4O2S. The van der Waals surface area contributed by atoms with Crippen molar-refractivity contribution in [2.45, 2.75) is 25.1 Å². The zero-order chi connectivity index (χ0) is 20.1. The zero-order valence-corrected chi connectivity index (χ0v) is 16.8. The summed E-state index contributed by atoms with van der Waals surface area (Å²) < 4.78 is 38.3. The Morgan fingerprint density at radius 3 is 2.79 bits per heavy atom. The van der Waals surface area contributed by atoms with Crippen LogP contribution in [0.1, 0.15) is 30.7 Å². The molecule has 2 heterocycles. The van der Waals surface area contributed by atoms with Crippen LogP contribution in [0.4, 0.5) is 8.78 Å². The zero-order valence-electron chi connectivity index (χ0n) is 14.5. The van der Waals surface area contributed by atoms with Crippen LogP contribution in [-0.2, 0) is 6.61 Å². The fraction of sp³-hybridized carbons (Fsp3) is 0.235. The summed E-state index contributed by atoms with van der Waals surface area (Å²) in [5.41, 5.74) is 0. The van der Waals surface area contributed by atoms with E-state index in [9.17, 15) is 8.78 Å². The van der Waals surface area contributed by atoms with Gasteiger partial charge in [-0.25, -0.2) is 8.78 Å². The standard InChI is InChI=1S/C17H14Cl2F2N4O2S/c1-2-28-17-24-23-16(15(20)21)25(17)22-8-11-3-4-12(27-11)9-26-10-5-6-13(18)14(19)7-10/h3-8,15H,2,9H2,1H3/b22-8-. The van der Waals surface area contributed by atoms with Gasteiger partial charge in [0.05, 0.1) is 16.3 Å². The molecule has 1 aromatic carbocycles. The predicted molar refractivity (Wildman–Crippen MR) is 104 cm³/mol. The number of thioether (sulfide) groups is 1. The molecule has 3 aromatic rings. The highest BCUT2D eigenvalue weighted by Crippen LogP contribution is 2.27. The van der Waals surface area contributed by atoms with Crippen LogP contribution in [0.15, 0.2) is 45.0 Å². The summed E-state index contributed by atoms with van der Waals surface area (Å²) in [6, 6.07) is 8.26. The van der Waals surface area contributed by atoms with E-state index in [4.69, 9.17) is 32.4 Å². The lowest BCUT2D eigenvalue weighted by Gasteiger charge is -2.05. The SMILES string of the molecule is CCSc1nnc(C(F)F)n1/N=C\c1ccc(COc2ccc(Cl)c(Cl)c2)o1. The van der Waals surface area contributed by atoms with E-state index >= 15 is 0 Å². The Bertz CT molecular complexity index is 978. The van der Waals surface area contributed by atoms with Crippen LogP contribution < -0.4 is 4.74 Å². The van der Waals surface area contributed by atoms with E-state index < -0.39 is 12.2 Å². The highest BCUT2D eigenvalue weighted by molar-refractivity contribution is 7.99. The molecule has 0 radical (unpaired) electrons. The maximum atomic E-state index is 13.1. The van der Waals surface area contributed by atoms with Crippen molar-refractivity contribution >= 4 is 41.2 Å². The third-order valence-electron chi connectivity index (χ3n) is 3.36. The largest absolute Gasteiger partial charge is 0.486 e. The number of hydrogen-bond donors (Lipinski definition) is 0. The Balaban J connectivity index is 1.69. The lowest BCUT2D eigenvalue weighted by atomic mass is 10.3. The third-order valence-corrected chi connectivity index (χ3v) is 4.90. The Morgan fingerprint density at radius 1 is 1.25 bits per heavy atom. The molecule has 3 rings (SSSR count). The van der Waals surface area contributed by atoms with E-state index in [0.29, 0.717) is 33.1 Å². The van der Waals surface area contributed by atoms with Gasteiger partial charge < -0.3 is 9.15 Å².